The van der Waals surface area contributed by atoms with Gasteiger partial charge in [-0.05, 0) is 31.0 Å². The van der Waals surface area contributed by atoms with Gasteiger partial charge in [-0.15, -0.1) is 0 Å². The fourth-order valence-corrected chi connectivity index (χ4v) is 4.52. The number of pyridine rings is 1. The van der Waals surface area contributed by atoms with E-state index in [0.717, 1.165) is 11.1 Å². The first-order valence-corrected chi connectivity index (χ1v) is 10.9. The first-order valence-electron chi connectivity index (χ1n) is 10.9. The zero-order valence-electron chi connectivity index (χ0n) is 18.6. The first-order chi connectivity index (χ1) is 15.3. The van der Waals surface area contributed by atoms with E-state index in [4.69, 9.17) is 5.73 Å². The van der Waals surface area contributed by atoms with Gasteiger partial charge in [0.05, 0.1) is 28.9 Å². The molecule has 1 aliphatic heterocycles. The summed E-state index contributed by atoms with van der Waals surface area (Å²) in [5.74, 6) is -0.116. The lowest BCUT2D eigenvalue weighted by Crippen LogP contribution is -2.62. The van der Waals surface area contributed by atoms with Crippen LogP contribution in [0.4, 0.5) is 5.69 Å². The number of aliphatic hydroxyl groups is 1. The second-order valence-corrected chi connectivity index (χ2v) is 8.89. The molecule has 3 N–H and O–H groups in total. The van der Waals surface area contributed by atoms with E-state index in [2.05, 4.69) is 34.1 Å². The Balaban J connectivity index is 1.68. The number of benzene rings is 2. The molecule has 0 aliphatic carbocycles. The van der Waals surface area contributed by atoms with Crippen LogP contribution in [0.2, 0.25) is 0 Å². The summed E-state index contributed by atoms with van der Waals surface area (Å²) in [5, 5.41) is 11.2. The summed E-state index contributed by atoms with van der Waals surface area (Å²) in [6.45, 7) is 5.22. The average molecular weight is 431 g/mol. The van der Waals surface area contributed by atoms with Crippen molar-refractivity contribution in [2.75, 3.05) is 25.4 Å². The molecule has 1 fully saturated rings. The lowest BCUT2D eigenvalue weighted by Gasteiger charge is -2.49. The normalized spacial score (nSPS) is 17.5. The van der Waals surface area contributed by atoms with E-state index in [-0.39, 0.29) is 18.0 Å². The summed E-state index contributed by atoms with van der Waals surface area (Å²) in [6, 6.07) is 22.0. The largest absolute Gasteiger partial charge is 0.397 e. The standard InChI is InChI=1S/C26H30N4O2/c1-26(2,32)23-18-29(25(31)21-15-22(27)17-28-16-21)13-14-30(23)24(19-9-5-3-6-10-19)20-11-7-4-8-12-20/h3-12,15-17,23-24,32H,13-14,18,27H2,1-2H3. The summed E-state index contributed by atoms with van der Waals surface area (Å²) in [5.41, 5.74) is 8.06. The summed E-state index contributed by atoms with van der Waals surface area (Å²) in [6.07, 6.45) is 3.07. The second-order valence-electron chi connectivity index (χ2n) is 8.89. The van der Waals surface area contributed by atoms with E-state index in [1.54, 1.807) is 17.2 Å². The van der Waals surface area contributed by atoms with Crippen LogP contribution in [0.5, 0.6) is 0 Å². The number of nitrogens with two attached hydrogens (primary N) is 1. The number of carbonyl (C=O) groups excluding carboxylic acids is 1. The number of nitrogens with zero attached hydrogens (tertiary/aromatic N) is 3. The van der Waals surface area contributed by atoms with E-state index >= 15 is 0 Å². The maximum atomic E-state index is 13.2. The van der Waals surface area contributed by atoms with Crippen molar-refractivity contribution >= 4 is 11.6 Å². The van der Waals surface area contributed by atoms with Crippen LogP contribution in [-0.2, 0) is 0 Å². The number of hydrogen-bond acceptors (Lipinski definition) is 5. The van der Waals surface area contributed by atoms with Crippen molar-refractivity contribution in [1.82, 2.24) is 14.8 Å². The van der Waals surface area contributed by atoms with Crippen LogP contribution in [0.25, 0.3) is 0 Å². The molecule has 1 atom stereocenters. The lowest BCUT2D eigenvalue weighted by molar-refractivity contribution is -0.0625. The number of nitrogen functional groups attached to an aromatic ring is 1. The Bertz CT molecular complexity index is 1010. The molecule has 2 heterocycles. The number of hydrogen-bond donors (Lipinski definition) is 2. The summed E-state index contributed by atoms with van der Waals surface area (Å²) < 4.78 is 0. The molecule has 6 nitrogen and oxygen atoms in total. The molecule has 0 saturated carbocycles. The molecule has 0 bridgehead atoms. The van der Waals surface area contributed by atoms with Crippen molar-refractivity contribution in [3.63, 3.8) is 0 Å². The van der Waals surface area contributed by atoms with Crippen LogP contribution in [0.3, 0.4) is 0 Å². The molecule has 2 aromatic carbocycles. The molecule has 1 aliphatic rings. The van der Waals surface area contributed by atoms with Crippen LogP contribution >= 0.6 is 0 Å². The van der Waals surface area contributed by atoms with Crippen LogP contribution < -0.4 is 5.73 Å². The van der Waals surface area contributed by atoms with E-state index in [1.165, 1.54) is 6.20 Å². The maximum Gasteiger partial charge on any atom is 0.255 e. The van der Waals surface area contributed by atoms with Gasteiger partial charge in [-0.1, -0.05) is 60.7 Å². The van der Waals surface area contributed by atoms with Crippen molar-refractivity contribution in [2.24, 2.45) is 0 Å². The topological polar surface area (TPSA) is 82.7 Å². The molecule has 1 amide bonds. The quantitative estimate of drug-likeness (QED) is 0.649. The minimum atomic E-state index is -1.02. The van der Waals surface area contributed by atoms with Crippen LogP contribution in [0, 0.1) is 0 Å². The zero-order chi connectivity index (χ0) is 22.7. The van der Waals surface area contributed by atoms with Crippen molar-refractivity contribution in [1.29, 1.82) is 0 Å². The van der Waals surface area contributed by atoms with Crippen molar-refractivity contribution < 1.29 is 9.90 Å². The molecule has 32 heavy (non-hydrogen) atoms. The Labute approximate surface area is 189 Å². The number of carbonyl (C=O) groups is 1. The van der Waals surface area contributed by atoms with Gasteiger partial charge >= 0.3 is 0 Å². The van der Waals surface area contributed by atoms with Crippen LogP contribution in [0.1, 0.15) is 41.4 Å². The van der Waals surface area contributed by atoms with Crippen LogP contribution in [0.15, 0.2) is 79.1 Å². The molecule has 6 heteroatoms. The third-order valence-corrected chi connectivity index (χ3v) is 6.09. The predicted octanol–water partition coefficient (Wildman–Crippen LogP) is 3.35. The van der Waals surface area contributed by atoms with Gasteiger partial charge in [0, 0.05) is 32.0 Å². The highest BCUT2D eigenvalue weighted by Crippen LogP contribution is 2.35. The Morgan fingerprint density at radius 1 is 1.03 bits per heavy atom. The van der Waals surface area contributed by atoms with E-state index in [1.807, 2.05) is 50.2 Å². The molecule has 0 radical (unpaired) electrons. The minimum absolute atomic E-state index is 0.0277. The molecule has 3 aromatic rings. The molecule has 1 saturated heterocycles. The monoisotopic (exact) mass is 430 g/mol. The number of anilines is 1. The van der Waals surface area contributed by atoms with Gasteiger partial charge in [0.1, 0.15) is 0 Å². The average Bonchev–Trinajstić information content (AvgIpc) is 2.80. The third-order valence-electron chi connectivity index (χ3n) is 6.09. The molecular weight excluding hydrogens is 400 g/mol. The minimum Gasteiger partial charge on any atom is -0.397 e. The molecule has 1 unspecified atom stereocenters. The fraction of sp³-hybridized carbons (Fsp3) is 0.308. The number of piperazine rings is 1. The Hall–Kier alpha value is -3.22. The van der Waals surface area contributed by atoms with Gasteiger partial charge in [-0.3, -0.25) is 14.7 Å². The summed E-state index contributed by atoms with van der Waals surface area (Å²) in [7, 11) is 0. The smallest absolute Gasteiger partial charge is 0.255 e. The van der Waals surface area contributed by atoms with Gasteiger partial charge in [0.15, 0.2) is 0 Å². The molecule has 1 aromatic heterocycles. The molecule has 0 spiro atoms. The van der Waals surface area contributed by atoms with Crippen LogP contribution in [-0.4, -0.2) is 57.1 Å². The van der Waals surface area contributed by atoms with Gasteiger partial charge in [-0.2, -0.15) is 0 Å². The third kappa shape index (κ3) is 4.66. The van der Waals surface area contributed by atoms with Gasteiger partial charge < -0.3 is 15.7 Å². The molecule has 4 rings (SSSR count). The number of aromatic nitrogens is 1. The van der Waals surface area contributed by atoms with E-state index < -0.39 is 5.60 Å². The Morgan fingerprint density at radius 2 is 1.62 bits per heavy atom. The molecule has 166 valence electrons. The summed E-state index contributed by atoms with van der Waals surface area (Å²) in [4.78, 5) is 21.3. The highest BCUT2D eigenvalue weighted by molar-refractivity contribution is 5.94. The van der Waals surface area contributed by atoms with Gasteiger partial charge in [0.2, 0.25) is 0 Å². The maximum absolute atomic E-state index is 13.2. The van der Waals surface area contributed by atoms with Gasteiger partial charge in [-0.25, -0.2) is 0 Å². The molecular formula is C26H30N4O2. The first kappa shape index (κ1) is 22.0. The van der Waals surface area contributed by atoms with E-state index in [9.17, 15) is 9.90 Å². The van der Waals surface area contributed by atoms with E-state index in [0.29, 0.717) is 30.9 Å². The number of rotatable bonds is 5. The zero-order valence-corrected chi connectivity index (χ0v) is 18.6. The second kappa shape index (κ2) is 9.10. The van der Waals surface area contributed by atoms with Crippen molar-refractivity contribution in [3.8, 4) is 0 Å². The van der Waals surface area contributed by atoms with Crippen molar-refractivity contribution in [3.05, 3.63) is 95.8 Å². The lowest BCUT2D eigenvalue weighted by atomic mass is 9.88. The highest BCUT2D eigenvalue weighted by Gasteiger charge is 2.42. The number of amides is 1. The van der Waals surface area contributed by atoms with Gasteiger partial charge in [0.25, 0.3) is 5.91 Å². The SMILES string of the molecule is CC(C)(O)C1CN(C(=O)c2cncc(N)c2)CCN1C(c1ccccc1)c1ccccc1. The Kier molecular flexibility index (Phi) is 6.26. The van der Waals surface area contributed by atoms with Crippen molar-refractivity contribution in [2.45, 2.75) is 31.5 Å². The predicted molar refractivity (Wildman–Crippen MR) is 126 cm³/mol. The highest BCUT2D eigenvalue weighted by atomic mass is 16.3. The summed E-state index contributed by atoms with van der Waals surface area (Å²) >= 11 is 0. The fourth-order valence-electron chi connectivity index (χ4n) is 4.52. The Morgan fingerprint density at radius 3 is 2.16 bits per heavy atom.